The van der Waals surface area contributed by atoms with E-state index in [1.807, 2.05) is 30.3 Å². The van der Waals surface area contributed by atoms with Crippen molar-refractivity contribution in [2.45, 2.75) is 70.1 Å². The lowest BCUT2D eigenvalue weighted by molar-refractivity contribution is -0.136. The molecule has 1 atom stereocenters. The summed E-state index contributed by atoms with van der Waals surface area (Å²) in [5.41, 5.74) is 3.81. The number of imide groups is 2. The Morgan fingerprint density at radius 1 is 0.849 bits per heavy atom. The largest absolute Gasteiger partial charge is 0.490 e. The number of anilines is 1. The van der Waals surface area contributed by atoms with Crippen molar-refractivity contribution in [3.8, 4) is 28.8 Å². The van der Waals surface area contributed by atoms with E-state index in [0.29, 0.717) is 34.6 Å². The Hall–Kier alpha value is -6.37. The fourth-order valence-electron chi connectivity index (χ4n) is 6.93. The first kappa shape index (κ1) is 33.8. The number of hydrogen-bond donors (Lipinski definition) is 2. The average Bonchev–Trinajstić information content (AvgIpc) is 3.68. The third kappa shape index (κ3) is 6.61. The van der Waals surface area contributed by atoms with Gasteiger partial charge >= 0.3 is 0 Å². The van der Waals surface area contributed by atoms with Crippen molar-refractivity contribution in [2.75, 3.05) is 5.32 Å². The molecule has 0 spiro atoms. The number of carbonyl (C=O) groups excluding carboxylic acids is 4. The predicted molar refractivity (Wildman–Crippen MR) is 192 cm³/mol. The quantitative estimate of drug-likeness (QED) is 0.164. The number of aryl methyl sites for hydroxylation is 1. The van der Waals surface area contributed by atoms with E-state index in [0.717, 1.165) is 34.6 Å². The molecular formula is C40H36N6O7. The number of benzene rings is 3. The fraction of sp³-hybridized carbons (Fsp3) is 0.275. The second kappa shape index (κ2) is 13.3. The van der Waals surface area contributed by atoms with Gasteiger partial charge in [-0.1, -0.05) is 43.3 Å². The third-order valence-electron chi connectivity index (χ3n) is 10.1. The van der Waals surface area contributed by atoms with Crippen molar-refractivity contribution in [1.29, 1.82) is 0 Å². The summed E-state index contributed by atoms with van der Waals surface area (Å²) in [6.07, 6.45) is 3.40. The Kier molecular flexibility index (Phi) is 8.48. The highest BCUT2D eigenvalue weighted by molar-refractivity contribution is 6.23. The lowest BCUT2D eigenvalue weighted by Crippen LogP contribution is -2.54. The molecule has 13 heteroatoms. The number of ether oxygens (including phenoxy) is 2. The van der Waals surface area contributed by atoms with Crippen molar-refractivity contribution in [1.82, 2.24) is 25.3 Å². The molecule has 2 aliphatic heterocycles. The topological polar surface area (TPSA) is 166 Å². The second-order valence-corrected chi connectivity index (χ2v) is 14.1. The molecule has 0 bridgehead atoms. The van der Waals surface area contributed by atoms with Crippen molar-refractivity contribution in [3.05, 3.63) is 113 Å². The molecule has 5 aromatic rings. The Morgan fingerprint density at radius 2 is 1.53 bits per heavy atom. The number of piperidine rings is 1. The number of nitrogens with one attached hydrogen (secondary N) is 2. The number of aromatic nitrogens is 3. The van der Waals surface area contributed by atoms with Gasteiger partial charge in [-0.15, -0.1) is 0 Å². The zero-order valence-electron chi connectivity index (χ0n) is 29.3. The molecule has 4 amide bonds. The van der Waals surface area contributed by atoms with Gasteiger partial charge < -0.3 is 19.3 Å². The number of carbonyl (C=O) groups is 4. The Morgan fingerprint density at radius 3 is 2.17 bits per heavy atom. The zero-order valence-corrected chi connectivity index (χ0v) is 29.3. The van der Waals surface area contributed by atoms with Gasteiger partial charge in [0.05, 0.1) is 17.3 Å². The minimum Gasteiger partial charge on any atom is -0.490 e. The van der Waals surface area contributed by atoms with E-state index in [1.165, 1.54) is 0 Å². The van der Waals surface area contributed by atoms with Gasteiger partial charge in [-0.2, -0.15) is 4.98 Å². The summed E-state index contributed by atoms with van der Waals surface area (Å²) in [5.74, 6) is 0.924. The Labute approximate surface area is 304 Å². The third-order valence-corrected chi connectivity index (χ3v) is 10.1. The first-order valence-electron chi connectivity index (χ1n) is 17.5. The van der Waals surface area contributed by atoms with E-state index in [-0.39, 0.29) is 41.5 Å². The normalized spacial score (nSPS) is 19.8. The van der Waals surface area contributed by atoms with Crippen molar-refractivity contribution < 1.29 is 33.2 Å². The average molecular weight is 713 g/mol. The highest BCUT2D eigenvalue weighted by atomic mass is 16.5. The molecule has 0 radical (unpaired) electrons. The lowest BCUT2D eigenvalue weighted by atomic mass is 9.78. The van der Waals surface area contributed by atoms with Crippen LogP contribution in [0.4, 0.5) is 5.69 Å². The minimum atomic E-state index is -0.989. The molecule has 1 unspecified atom stereocenters. The molecule has 3 aliphatic rings. The molecule has 1 aliphatic carbocycles. The maximum absolute atomic E-state index is 13.2. The van der Waals surface area contributed by atoms with E-state index >= 15 is 0 Å². The summed E-state index contributed by atoms with van der Waals surface area (Å²) < 4.78 is 17.5. The van der Waals surface area contributed by atoms with Crippen LogP contribution in [-0.2, 0) is 15.0 Å². The van der Waals surface area contributed by atoms with E-state index in [9.17, 15) is 19.2 Å². The van der Waals surface area contributed by atoms with Gasteiger partial charge in [-0.3, -0.25) is 29.4 Å². The molecule has 268 valence electrons. The molecule has 4 heterocycles. The van der Waals surface area contributed by atoms with Crippen LogP contribution in [0.1, 0.15) is 77.2 Å². The fourth-order valence-corrected chi connectivity index (χ4v) is 6.93. The van der Waals surface area contributed by atoms with Crippen LogP contribution in [0.5, 0.6) is 17.2 Å². The van der Waals surface area contributed by atoms with Crippen LogP contribution in [0.25, 0.3) is 11.6 Å². The van der Waals surface area contributed by atoms with Gasteiger partial charge in [-0.05, 0) is 79.1 Å². The van der Waals surface area contributed by atoms with Crippen molar-refractivity contribution in [3.63, 3.8) is 0 Å². The zero-order chi connectivity index (χ0) is 36.9. The Bertz CT molecular complexity index is 2230. The SMILES string of the molecule is Cc1noc(-c2ccc(Oc3ccc(C(C)(C)c4ccc(OC5CC(Nc6ccc7c(c6)C(=O)N(C6CCC(=O)NC6=O)C7=O)C5)cc4)cc3)cn2)n1. The summed E-state index contributed by atoms with van der Waals surface area (Å²) in [7, 11) is 0. The van der Waals surface area contributed by atoms with Gasteiger partial charge in [0.1, 0.15) is 35.1 Å². The Balaban J connectivity index is 0.829. The predicted octanol–water partition coefficient (Wildman–Crippen LogP) is 5.98. The molecule has 8 rings (SSSR count). The summed E-state index contributed by atoms with van der Waals surface area (Å²) >= 11 is 0. The van der Waals surface area contributed by atoms with Gasteiger partial charge in [-0.25, -0.2) is 4.98 Å². The number of rotatable bonds is 10. The van der Waals surface area contributed by atoms with Crippen LogP contribution >= 0.6 is 0 Å². The van der Waals surface area contributed by atoms with Gasteiger partial charge in [0.2, 0.25) is 11.8 Å². The number of nitrogens with zero attached hydrogens (tertiary/aromatic N) is 4. The number of hydrogen-bond acceptors (Lipinski definition) is 11. The minimum absolute atomic E-state index is 0.0361. The summed E-state index contributed by atoms with van der Waals surface area (Å²) in [5, 5.41) is 9.45. The molecule has 13 nitrogen and oxygen atoms in total. The van der Waals surface area contributed by atoms with Crippen LogP contribution in [0.15, 0.2) is 89.6 Å². The van der Waals surface area contributed by atoms with Crippen molar-refractivity contribution in [2.24, 2.45) is 0 Å². The first-order chi connectivity index (χ1) is 25.5. The smallest absolute Gasteiger partial charge is 0.276 e. The highest BCUT2D eigenvalue weighted by Crippen LogP contribution is 2.36. The molecular weight excluding hydrogens is 676 g/mol. The standard InChI is InChI=1S/C40H36N6O7/c1-22-42-37(53-45-22)33-15-13-29(21-41-33)51-27-9-4-23(5-10-27)40(2,3)24-6-11-28(12-7-24)52-30-18-26(19-30)43-25-8-14-31-32(20-25)39(50)46(38(31)49)34-16-17-35(47)44-36(34)48/h4-15,20-21,26,30,34,43H,16-19H2,1-3H3,(H,44,47,48). The van der Waals surface area contributed by atoms with Crippen LogP contribution in [0, 0.1) is 6.92 Å². The summed E-state index contributed by atoms with van der Waals surface area (Å²) in [6, 6.07) is 24.0. The van der Waals surface area contributed by atoms with Crippen LogP contribution in [0.2, 0.25) is 0 Å². The molecule has 2 fully saturated rings. The van der Waals surface area contributed by atoms with Gasteiger partial charge in [0.15, 0.2) is 5.82 Å². The monoisotopic (exact) mass is 712 g/mol. The van der Waals surface area contributed by atoms with E-state index < -0.39 is 29.7 Å². The van der Waals surface area contributed by atoms with Crippen LogP contribution in [0.3, 0.4) is 0 Å². The lowest BCUT2D eigenvalue weighted by Gasteiger charge is -2.36. The molecule has 53 heavy (non-hydrogen) atoms. The molecule has 3 aromatic carbocycles. The maximum Gasteiger partial charge on any atom is 0.276 e. The van der Waals surface area contributed by atoms with Crippen LogP contribution in [-0.4, -0.2) is 61.8 Å². The number of fused-ring (bicyclic) bond motifs is 1. The van der Waals surface area contributed by atoms with E-state index in [4.69, 9.17) is 14.0 Å². The van der Waals surface area contributed by atoms with Crippen molar-refractivity contribution >= 4 is 29.3 Å². The van der Waals surface area contributed by atoms with Gasteiger partial charge in [0, 0.05) is 36.4 Å². The molecule has 1 saturated heterocycles. The van der Waals surface area contributed by atoms with E-state index in [2.05, 4.69) is 63.9 Å². The molecule has 2 aromatic heterocycles. The number of amides is 4. The molecule has 2 N–H and O–H groups in total. The summed E-state index contributed by atoms with van der Waals surface area (Å²) in [4.78, 5) is 59.6. The maximum atomic E-state index is 13.2. The molecule has 1 saturated carbocycles. The highest BCUT2D eigenvalue weighted by Gasteiger charge is 2.45. The van der Waals surface area contributed by atoms with Crippen LogP contribution < -0.4 is 20.1 Å². The summed E-state index contributed by atoms with van der Waals surface area (Å²) in [6.45, 7) is 6.11. The van der Waals surface area contributed by atoms with E-state index in [1.54, 1.807) is 37.4 Å². The second-order valence-electron chi connectivity index (χ2n) is 14.1. The first-order valence-corrected chi connectivity index (χ1v) is 17.5. The van der Waals surface area contributed by atoms with Gasteiger partial charge in [0.25, 0.3) is 17.7 Å². The number of pyridine rings is 1.